The van der Waals surface area contributed by atoms with Crippen molar-refractivity contribution >= 4 is 24.4 Å². The molecule has 0 radical (unpaired) electrons. The van der Waals surface area contributed by atoms with Crippen LogP contribution < -0.4 is 0 Å². The summed E-state index contributed by atoms with van der Waals surface area (Å²) < 4.78 is 15.3. The molecule has 0 amide bonds. The summed E-state index contributed by atoms with van der Waals surface area (Å²) in [6.07, 6.45) is 5.69. The molecule has 0 aromatic carbocycles. The van der Waals surface area contributed by atoms with Crippen molar-refractivity contribution in [1.29, 1.82) is 5.41 Å². The quantitative estimate of drug-likeness (QED) is 0.249. The van der Waals surface area contributed by atoms with Crippen LogP contribution in [0.25, 0.3) is 0 Å². The van der Waals surface area contributed by atoms with Gasteiger partial charge in [-0.05, 0) is 32.7 Å². The summed E-state index contributed by atoms with van der Waals surface area (Å²) in [5, 5.41) is 8.08. The van der Waals surface area contributed by atoms with Crippen LogP contribution in [0, 0.1) is 5.41 Å². The largest absolute Gasteiger partial charge is 0.477 e. The lowest BCUT2D eigenvalue weighted by Gasteiger charge is -2.26. The maximum absolute atomic E-state index is 8.08. The molecular weight excluding hydrogens is 274 g/mol. The number of piperidine rings is 1. The number of ether oxygens (including phenoxy) is 2. The third-order valence-corrected chi connectivity index (χ3v) is 4.25. The van der Waals surface area contributed by atoms with Gasteiger partial charge in [0.2, 0.25) is 5.90 Å². The molecule has 20 heavy (non-hydrogen) atoms. The fourth-order valence-electron chi connectivity index (χ4n) is 2.85. The first-order valence-electron chi connectivity index (χ1n) is 7.44. The van der Waals surface area contributed by atoms with Crippen molar-refractivity contribution in [1.82, 2.24) is 4.90 Å². The normalized spacial score (nSPS) is 29.9. The molecule has 0 spiro atoms. The predicted octanol–water partition coefficient (Wildman–Crippen LogP) is 2.32. The first-order chi connectivity index (χ1) is 9.64. The smallest absolute Gasteiger partial charge is 0.232 e. The lowest BCUT2D eigenvalue weighted by Crippen LogP contribution is -2.47. The molecule has 2 heterocycles. The van der Waals surface area contributed by atoms with Crippen LogP contribution in [0.3, 0.4) is 0 Å². The van der Waals surface area contributed by atoms with E-state index >= 15 is 0 Å². The van der Waals surface area contributed by atoms with Crippen molar-refractivity contribution in [2.75, 3.05) is 26.7 Å². The fourth-order valence-corrected chi connectivity index (χ4v) is 3.11. The zero-order valence-electron chi connectivity index (χ0n) is 12.4. The van der Waals surface area contributed by atoms with Gasteiger partial charge in [-0.15, -0.1) is 0 Å². The van der Waals surface area contributed by atoms with Crippen molar-refractivity contribution in [2.24, 2.45) is 4.40 Å². The van der Waals surface area contributed by atoms with E-state index in [2.05, 4.69) is 36.1 Å². The number of hydrogen-bond acceptors (Lipinski definition) is 6. The molecule has 0 aliphatic carbocycles. The second kappa shape index (κ2) is 6.91. The lowest BCUT2D eigenvalue weighted by molar-refractivity contribution is 0.261. The molecule has 2 aliphatic heterocycles. The van der Waals surface area contributed by atoms with Crippen LogP contribution in [0.1, 0.15) is 39.0 Å². The Morgan fingerprint density at radius 1 is 1.50 bits per heavy atom. The molecule has 0 bridgehead atoms. The topological polar surface area (TPSA) is 61.2 Å². The second-order valence-electron chi connectivity index (χ2n) is 5.71. The molecular formula is C14H25N3O2S. The molecule has 2 atom stereocenters. The van der Waals surface area contributed by atoms with Gasteiger partial charge in [0, 0.05) is 13.1 Å². The Morgan fingerprint density at radius 3 is 3.00 bits per heavy atom. The monoisotopic (exact) mass is 299 g/mol. The molecule has 114 valence electrons. The Labute approximate surface area is 126 Å². The van der Waals surface area contributed by atoms with Crippen LogP contribution in [-0.4, -0.2) is 55.0 Å². The number of likely N-dealkylation sites (tertiary alicyclic amines) is 1. The minimum absolute atomic E-state index is 0.120. The summed E-state index contributed by atoms with van der Waals surface area (Å²) in [7, 11) is 2.06. The van der Waals surface area contributed by atoms with Crippen molar-refractivity contribution in [3.63, 3.8) is 0 Å². The third-order valence-electron chi connectivity index (χ3n) is 4.05. The summed E-state index contributed by atoms with van der Waals surface area (Å²) >= 11 is 4.02. The number of nitrogens with zero attached hydrogens (tertiary/aromatic N) is 2. The van der Waals surface area contributed by atoms with Gasteiger partial charge in [0.15, 0.2) is 5.60 Å². The third kappa shape index (κ3) is 3.35. The molecule has 6 heteroatoms. The van der Waals surface area contributed by atoms with Crippen molar-refractivity contribution in [3.8, 4) is 0 Å². The van der Waals surface area contributed by atoms with Crippen LogP contribution in [0.2, 0.25) is 0 Å². The van der Waals surface area contributed by atoms with Crippen LogP contribution >= 0.6 is 12.8 Å². The predicted molar refractivity (Wildman–Crippen MR) is 84.0 cm³/mol. The average molecular weight is 299 g/mol. The van der Waals surface area contributed by atoms with Gasteiger partial charge in [-0.1, -0.05) is 26.2 Å². The second-order valence-corrected chi connectivity index (χ2v) is 5.91. The molecule has 0 aromatic rings. The van der Waals surface area contributed by atoms with Gasteiger partial charge >= 0.3 is 0 Å². The summed E-state index contributed by atoms with van der Waals surface area (Å²) in [6, 6.07) is 0. The van der Waals surface area contributed by atoms with Crippen molar-refractivity contribution in [3.05, 3.63) is 0 Å². The standard InChI is InChI=1S/C14H25N3O2S/c1-3-4-5-6-9-18-13(15)12(16-20)14-10-17(2)8-7-11(14)19-14/h11,15,20H,3-10H2,1-2H3/b15-13?,16-12+. The van der Waals surface area contributed by atoms with E-state index in [0.29, 0.717) is 12.3 Å². The van der Waals surface area contributed by atoms with Gasteiger partial charge in [-0.2, -0.15) is 0 Å². The van der Waals surface area contributed by atoms with E-state index in [1.54, 1.807) is 0 Å². The van der Waals surface area contributed by atoms with E-state index in [9.17, 15) is 0 Å². The van der Waals surface area contributed by atoms with Crippen LogP contribution in [0.15, 0.2) is 4.40 Å². The number of likely N-dealkylation sites (N-methyl/N-ethyl adjacent to an activating group) is 1. The van der Waals surface area contributed by atoms with Gasteiger partial charge in [-0.25, -0.2) is 4.40 Å². The van der Waals surface area contributed by atoms with Crippen molar-refractivity contribution in [2.45, 2.75) is 50.7 Å². The minimum atomic E-state index is -0.449. The number of hydrogen-bond donors (Lipinski definition) is 2. The number of epoxide rings is 1. The molecule has 0 aromatic heterocycles. The maximum atomic E-state index is 8.08. The highest BCUT2D eigenvalue weighted by Crippen LogP contribution is 2.44. The molecule has 0 saturated carbocycles. The maximum Gasteiger partial charge on any atom is 0.232 e. The highest BCUT2D eigenvalue weighted by Gasteiger charge is 2.63. The summed E-state index contributed by atoms with van der Waals surface area (Å²) in [4.78, 5) is 2.21. The van der Waals surface area contributed by atoms with Crippen LogP contribution in [0.5, 0.6) is 0 Å². The summed E-state index contributed by atoms with van der Waals surface area (Å²) in [6.45, 7) is 4.54. The molecule has 2 unspecified atom stereocenters. The lowest BCUT2D eigenvalue weighted by atomic mass is 9.93. The first kappa shape index (κ1) is 15.8. The number of unbranched alkanes of at least 4 members (excludes halogenated alkanes) is 3. The number of nitrogens with one attached hydrogen (secondary N) is 1. The van der Waals surface area contributed by atoms with Crippen LogP contribution in [0.4, 0.5) is 0 Å². The minimum Gasteiger partial charge on any atom is -0.477 e. The molecule has 2 rings (SSSR count). The Kier molecular flexibility index (Phi) is 5.46. The molecule has 2 fully saturated rings. The van der Waals surface area contributed by atoms with Gasteiger partial charge in [-0.3, -0.25) is 5.41 Å². The zero-order valence-corrected chi connectivity index (χ0v) is 13.3. The summed E-state index contributed by atoms with van der Waals surface area (Å²) in [5.74, 6) is 0.120. The van der Waals surface area contributed by atoms with Crippen molar-refractivity contribution < 1.29 is 9.47 Å². The Bertz CT molecular complexity index is 389. The Hall–Kier alpha value is -0.590. The zero-order chi connectivity index (χ0) is 14.6. The Balaban J connectivity index is 1.85. The van der Waals surface area contributed by atoms with Gasteiger partial charge < -0.3 is 14.4 Å². The number of fused-ring (bicyclic) bond motifs is 1. The van der Waals surface area contributed by atoms with E-state index in [4.69, 9.17) is 14.9 Å². The number of thiol groups is 1. The first-order valence-corrected chi connectivity index (χ1v) is 7.84. The van der Waals surface area contributed by atoms with E-state index in [-0.39, 0.29) is 12.0 Å². The van der Waals surface area contributed by atoms with E-state index in [0.717, 1.165) is 32.4 Å². The van der Waals surface area contributed by atoms with Gasteiger partial charge in [0.25, 0.3) is 0 Å². The molecule has 5 nitrogen and oxygen atoms in total. The highest BCUT2D eigenvalue weighted by molar-refractivity contribution is 7.79. The Morgan fingerprint density at radius 2 is 2.30 bits per heavy atom. The number of rotatable bonds is 7. The molecule has 1 N–H and O–H groups in total. The SMILES string of the molecule is CCCCCCOC(=N)/C(=N\S)C12CN(C)CCC1O2. The van der Waals surface area contributed by atoms with Gasteiger partial charge in [0.05, 0.1) is 12.7 Å². The van der Waals surface area contributed by atoms with E-state index in [1.807, 2.05) is 0 Å². The van der Waals surface area contributed by atoms with E-state index < -0.39 is 5.60 Å². The fraction of sp³-hybridized carbons (Fsp3) is 0.857. The van der Waals surface area contributed by atoms with Crippen LogP contribution in [-0.2, 0) is 9.47 Å². The summed E-state index contributed by atoms with van der Waals surface area (Å²) in [5.41, 5.74) is 0.0998. The molecule has 2 aliphatic rings. The average Bonchev–Trinajstić information content (AvgIpc) is 3.13. The highest BCUT2D eigenvalue weighted by atomic mass is 32.1. The van der Waals surface area contributed by atoms with Gasteiger partial charge in [0.1, 0.15) is 5.71 Å². The molecule has 2 saturated heterocycles. The van der Waals surface area contributed by atoms with E-state index in [1.165, 1.54) is 12.8 Å².